The number of nitrogens with zero attached hydrogens (tertiary/aromatic N) is 2. The van der Waals surface area contributed by atoms with Crippen molar-refractivity contribution in [3.8, 4) is 11.5 Å². The molecule has 2 aromatic rings. The minimum absolute atomic E-state index is 0.711. The Kier molecular flexibility index (Phi) is 8.45. The molecule has 0 radical (unpaired) electrons. The van der Waals surface area contributed by atoms with Gasteiger partial charge in [-0.25, -0.2) is 0 Å². The van der Waals surface area contributed by atoms with Crippen molar-refractivity contribution in [3.05, 3.63) is 59.7 Å². The molecule has 142 valence electrons. The predicted octanol–water partition coefficient (Wildman–Crippen LogP) is 3.35. The number of ether oxygens (including phenoxy) is 2. The molecule has 0 heterocycles. The molecule has 0 amide bonds. The fourth-order valence-electron chi connectivity index (χ4n) is 2.56. The van der Waals surface area contributed by atoms with Crippen molar-refractivity contribution in [2.45, 2.75) is 12.8 Å². The summed E-state index contributed by atoms with van der Waals surface area (Å²) in [7, 11) is 8.21. The standard InChI is InChI=1S/C22H32N2O2/c1-23(2)13-15-25-21-9-5-7-19(17-21)11-12-20-8-6-10-22(18-20)26-16-14-24(3)4/h5-10,17-18H,11-16H2,1-4H3. The largest absolute Gasteiger partial charge is 0.492 e. The molecule has 4 nitrogen and oxygen atoms in total. The summed E-state index contributed by atoms with van der Waals surface area (Å²) in [6.07, 6.45) is 1.98. The average Bonchev–Trinajstić information content (AvgIpc) is 2.60. The summed E-state index contributed by atoms with van der Waals surface area (Å²) in [6, 6.07) is 16.8. The number of rotatable bonds is 11. The van der Waals surface area contributed by atoms with Gasteiger partial charge in [0.05, 0.1) is 0 Å². The molecule has 0 saturated carbocycles. The zero-order valence-corrected chi connectivity index (χ0v) is 16.6. The Morgan fingerprint density at radius 2 is 1.08 bits per heavy atom. The van der Waals surface area contributed by atoms with Gasteiger partial charge in [0.2, 0.25) is 0 Å². The third kappa shape index (κ3) is 7.89. The zero-order chi connectivity index (χ0) is 18.8. The highest BCUT2D eigenvalue weighted by Crippen LogP contribution is 2.18. The first-order valence-corrected chi connectivity index (χ1v) is 9.26. The van der Waals surface area contributed by atoms with E-state index in [4.69, 9.17) is 9.47 Å². The van der Waals surface area contributed by atoms with E-state index in [1.807, 2.05) is 12.1 Å². The fourth-order valence-corrected chi connectivity index (χ4v) is 2.56. The molecule has 4 heteroatoms. The predicted molar refractivity (Wildman–Crippen MR) is 108 cm³/mol. The lowest BCUT2D eigenvalue weighted by atomic mass is 10.0. The number of hydrogen-bond donors (Lipinski definition) is 0. The Morgan fingerprint density at radius 3 is 1.46 bits per heavy atom. The summed E-state index contributed by atoms with van der Waals surface area (Å²) in [6.45, 7) is 3.27. The summed E-state index contributed by atoms with van der Waals surface area (Å²) < 4.78 is 11.7. The van der Waals surface area contributed by atoms with Crippen LogP contribution in [0.4, 0.5) is 0 Å². The van der Waals surface area contributed by atoms with Crippen LogP contribution in [0.1, 0.15) is 11.1 Å². The summed E-state index contributed by atoms with van der Waals surface area (Å²) in [5.74, 6) is 1.90. The molecular formula is C22H32N2O2. The Balaban J connectivity index is 1.84. The molecule has 0 aliphatic heterocycles. The van der Waals surface area contributed by atoms with Crippen LogP contribution in [0.5, 0.6) is 11.5 Å². The monoisotopic (exact) mass is 356 g/mol. The Bertz CT molecular complexity index is 599. The van der Waals surface area contributed by atoms with Crippen molar-refractivity contribution in [1.82, 2.24) is 9.80 Å². The number of benzene rings is 2. The van der Waals surface area contributed by atoms with Crippen molar-refractivity contribution < 1.29 is 9.47 Å². The summed E-state index contributed by atoms with van der Waals surface area (Å²) in [5, 5.41) is 0. The van der Waals surface area contributed by atoms with Gasteiger partial charge in [-0.05, 0) is 76.4 Å². The summed E-state index contributed by atoms with van der Waals surface area (Å²) in [4.78, 5) is 4.24. The van der Waals surface area contributed by atoms with Crippen molar-refractivity contribution in [1.29, 1.82) is 0 Å². The molecule has 2 rings (SSSR count). The van der Waals surface area contributed by atoms with Gasteiger partial charge in [-0.2, -0.15) is 0 Å². The van der Waals surface area contributed by atoms with E-state index < -0.39 is 0 Å². The maximum atomic E-state index is 5.83. The molecule has 0 atom stereocenters. The third-order valence-corrected chi connectivity index (χ3v) is 4.11. The van der Waals surface area contributed by atoms with E-state index in [-0.39, 0.29) is 0 Å². The second-order valence-electron chi connectivity index (χ2n) is 7.10. The maximum Gasteiger partial charge on any atom is 0.119 e. The molecule has 0 unspecified atom stereocenters. The minimum atomic E-state index is 0.711. The van der Waals surface area contributed by atoms with Crippen molar-refractivity contribution in [2.24, 2.45) is 0 Å². The number of hydrogen-bond acceptors (Lipinski definition) is 4. The normalized spacial score (nSPS) is 11.2. The van der Waals surface area contributed by atoms with Gasteiger partial charge in [0.25, 0.3) is 0 Å². The molecule has 2 aromatic carbocycles. The van der Waals surface area contributed by atoms with Crippen molar-refractivity contribution in [3.63, 3.8) is 0 Å². The Morgan fingerprint density at radius 1 is 0.654 bits per heavy atom. The van der Waals surface area contributed by atoms with Crippen molar-refractivity contribution >= 4 is 0 Å². The van der Waals surface area contributed by atoms with E-state index in [0.717, 1.165) is 37.4 Å². The molecule has 0 aliphatic carbocycles. The van der Waals surface area contributed by atoms with Gasteiger partial charge in [0.15, 0.2) is 0 Å². The molecular weight excluding hydrogens is 324 g/mol. The van der Waals surface area contributed by atoms with Crippen LogP contribution in [0, 0.1) is 0 Å². The van der Waals surface area contributed by atoms with Crippen LogP contribution in [0.3, 0.4) is 0 Å². The topological polar surface area (TPSA) is 24.9 Å². The molecule has 0 spiro atoms. The second kappa shape index (κ2) is 10.8. The highest BCUT2D eigenvalue weighted by Gasteiger charge is 2.02. The van der Waals surface area contributed by atoms with E-state index in [0.29, 0.717) is 13.2 Å². The molecule has 0 N–H and O–H groups in total. The van der Waals surface area contributed by atoms with Gasteiger partial charge >= 0.3 is 0 Å². The van der Waals surface area contributed by atoms with Crippen LogP contribution in [0.25, 0.3) is 0 Å². The van der Waals surface area contributed by atoms with Gasteiger partial charge in [-0.1, -0.05) is 24.3 Å². The highest BCUT2D eigenvalue weighted by atomic mass is 16.5. The van der Waals surface area contributed by atoms with Crippen LogP contribution in [0.15, 0.2) is 48.5 Å². The first-order valence-electron chi connectivity index (χ1n) is 9.26. The fraction of sp³-hybridized carbons (Fsp3) is 0.455. The van der Waals surface area contributed by atoms with Crippen LogP contribution < -0.4 is 9.47 Å². The molecule has 0 bridgehead atoms. The molecule has 0 aromatic heterocycles. The maximum absolute atomic E-state index is 5.83. The van der Waals surface area contributed by atoms with Crippen LogP contribution in [0.2, 0.25) is 0 Å². The smallest absolute Gasteiger partial charge is 0.119 e. The van der Waals surface area contributed by atoms with Gasteiger partial charge < -0.3 is 19.3 Å². The van der Waals surface area contributed by atoms with Crippen LogP contribution >= 0.6 is 0 Å². The molecule has 26 heavy (non-hydrogen) atoms. The first kappa shape index (κ1) is 20.3. The van der Waals surface area contributed by atoms with Gasteiger partial charge in [0.1, 0.15) is 24.7 Å². The average molecular weight is 357 g/mol. The number of likely N-dealkylation sites (N-methyl/N-ethyl adjacent to an activating group) is 2. The van der Waals surface area contributed by atoms with E-state index in [2.05, 4.69) is 74.4 Å². The van der Waals surface area contributed by atoms with E-state index >= 15 is 0 Å². The molecule has 0 fully saturated rings. The zero-order valence-electron chi connectivity index (χ0n) is 16.6. The summed E-state index contributed by atoms with van der Waals surface area (Å²) in [5.41, 5.74) is 2.59. The SMILES string of the molecule is CN(C)CCOc1cccc(CCc2cccc(OCCN(C)C)c2)c1. The quantitative estimate of drug-likeness (QED) is 0.616. The lowest BCUT2D eigenvalue weighted by Crippen LogP contribution is -2.19. The van der Waals surface area contributed by atoms with E-state index in [1.165, 1.54) is 11.1 Å². The molecule has 0 saturated heterocycles. The minimum Gasteiger partial charge on any atom is -0.492 e. The van der Waals surface area contributed by atoms with Gasteiger partial charge in [-0.3, -0.25) is 0 Å². The number of aryl methyl sites for hydroxylation is 2. The third-order valence-electron chi connectivity index (χ3n) is 4.11. The van der Waals surface area contributed by atoms with E-state index in [9.17, 15) is 0 Å². The Labute approximate surface area is 158 Å². The van der Waals surface area contributed by atoms with Crippen molar-refractivity contribution in [2.75, 3.05) is 54.5 Å². The van der Waals surface area contributed by atoms with Crippen LogP contribution in [-0.2, 0) is 12.8 Å². The lowest BCUT2D eigenvalue weighted by molar-refractivity contribution is 0.261. The first-order chi connectivity index (χ1) is 12.5. The van der Waals surface area contributed by atoms with Crippen LogP contribution in [-0.4, -0.2) is 64.3 Å². The van der Waals surface area contributed by atoms with Gasteiger partial charge in [-0.15, -0.1) is 0 Å². The van der Waals surface area contributed by atoms with Gasteiger partial charge in [0, 0.05) is 13.1 Å². The lowest BCUT2D eigenvalue weighted by Gasteiger charge is -2.12. The second-order valence-corrected chi connectivity index (χ2v) is 7.10. The summed E-state index contributed by atoms with van der Waals surface area (Å²) >= 11 is 0. The van der Waals surface area contributed by atoms with E-state index in [1.54, 1.807) is 0 Å². The molecule has 0 aliphatic rings. The Hall–Kier alpha value is -2.04. The highest BCUT2D eigenvalue weighted by molar-refractivity contribution is 5.32.